The predicted octanol–water partition coefficient (Wildman–Crippen LogP) is 2.45. The Morgan fingerprint density at radius 1 is 1.33 bits per heavy atom. The summed E-state index contributed by atoms with van der Waals surface area (Å²) in [7, 11) is 0. The highest BCUT2D eigenvalue weighted by molar-refractivity contribution is 6.06. The molecule has 112 valence electrons. The van der Waals surface area contributed by atoms with Crippen molar-refractivity contribution in [3.63, 3.8) is 0 Å². The molecule has 2 atom stereocenters. The molecule has 0 bridgehead atoms. The van der Waals surface area contributed by atoms with Gasteiger partial charge in [0.2, 0.25) is 0 Å². The summed E-state index contributed by atoms with van der Waals surface area (Å²) in [5.74, 6) is -1.27. The van der Waals surface area contributed by atoms with E-state index in [0.717, 1.165) is 11.3 Å². The van der Waals surface area contributed by atoms with Crippen molar-refractivity contribution in [3.8, 4) is 0 Å². The van der Waals surface area contributed by atoms with E-state index in [1.165, 1.54) is 0 Å². The normalized spacial score (nSPS) is 21.6. The van der Waals surface area contributed by atoms with Crippen molar-refractivity contribution < 1.29 is 14.3 Å². The molecule has 4 nitrogen and oxygen atoms in total. The maximum absolute atomic E-state index is 12.1. The van der Waals surface area contributed by atoms with E-state index in [4.69, 9.17) is 4.74 Å². The molecule has 0 spiro atoms. The minimum Gasteiger partial charge on any atom is -0.465 e. The average Bonchev–Trinajstić information content (AvgIpc) is 2.46. The van der Waals surface area contributed by atoms with Crippen molar-refractivity contribution in [2.24, 2.45) is 11.8 Å². The molecule has 0 radical (unpaired) electrons. The van der Waals surface area contributed by atoms with Crippen LogP contribution in [0.25, 0.3) is 0 Å². The Balaban J connectivity index is 1.99. The molecule has 0 fully saturated rings. The Morgan fingerprint density at radius 3 is 2.67 bits per heavy atom. The van der Waals surface area contributed by atoms with Crippen LogP contribution < -0.4 is 5.32 Å². The molecule has 0 amide bonds. The summed E-state index contributed by atoms with van der Waals surface area (Å²) < 4.78 is 4.98. The topological polar surface area (TPSA) is 55.4 Å². The molecule has 1 aliphatic rings. The highest BCUT2D eigenvalue weighted by Gasteiger charge is 2.35. The van der Waals surface area contributed by atoms with E-state index in [9.17, 15) is 9.59 Å². The van der Waals surface area contributed by atoms with Crippen LogP contribution in [0.4, 0.5) is 0 Å². The van der Waals surface area contributed by atoms with Gasteiger partial charge < -0.3 is 10.1 Å². The minimum absolute atomic E-state index is 0.0418. The van der Waals surface area contributed by atoms with E-state index < -0.39 is 11.9 Å². The fourth-order valence-electron chi connectivity index (χ4n) is 2.58. The standard InChI is InChI=1S/C17H21NO3/c1-3-21-17(20)16-12(2)9-14(10-15(16)19)18-11-13-7-5-4-6-8-13/h4-8,10,12,16,18H,3,9,11H2,1-2H3. The van der Waals surface area contributed by atoms with Crippen LogP contribution in [0.3, 0.4) is 0 Å². The van der Waals surface area contributed by atoms with Gasteiger partial charge in [-0.15, -0.1) is 0 Å². The monoisotopic (exact) mass is 287 g/mol. The fourth-order valence-corrected chi connectivity index (χ4v) is 2.58. The zero-order valence-corrected chi connectivity index (χ0v) is 12.5. The molecule has 1 aromatic rings. The number of hydrogen-bond donors (Lipinski definition) is 1. The van der Waals surface area contributed by atoms with Gasteiger partial charge in [0.05, 0.1) is 6.61 Å². The van der Waals surface area contributed by atoms with Crippen molar-refractivity contribution in [1.29, 1.82) is 0 Å². The van der Waals surface area contributed by atoms with Crippen LogP contribution in [0.5, 0.6) is 0 Å². The minimum atomic E-state index is -0.660. The molecule has 2 unspecified atom stereocenters. The van der Waals surface area contributed by atoms with E-state index in [2.05, 4.69) is 5.32 Å². The number of esters is 1. The third-order valence-corrected chi connectivity index (χ3v) is 3.64. The number of allylic oxidation sites excluding steroid dienone is 2. The summed E-state index contributed by atoms with van der Waals surface area (Å²) in [5, 5.41) is 3.28. The smallest absolute Gasteiger partial charge is 0.317 e. The van der Waals surface area contributed by atoms with Crippen molar-refractivity contribution in [1.82, 2.24) is 5.32 Å². The molecule has 1 aliphatic carbocycles. The molecule has 0 heterocycles. The van der Waals surface area contributed by atoms with Gasteiger partial charge in [-0.3, -0.25) is 9.59 Å². The largest absolute Gasteiger partial charge is 0.465 e. The Morgan fingerprint density at radius 2 is 2.05 bits per heavy atom. The van der Waals surface area contributed by atoms with E-state index in [-0.39, 0.29) is 11.7 Å². The summed E-state index contributed by atoms with van der Waals surface area (Å²) in [6.45, 7) is 4.64. The van der Waals surface area contributed by atoms with Crippen molar-refractivity contribution >= 4 is 11.8 Å². The van der Waals surface area contributed by atoms with Crippen molar-refractivity contribution in [2.45, 2.75) is 26.8 Å². The lowest BCUT2D eigenvalue weighted by molar-refractivity contribution is -0.152. The Labute approximate surface area is 125 Å². The summed E-state index contributed by atoms with van der Waals surface area (Å²) in [4.78, 5) is 23.9. The van der Waals surface area contributed by atoms with E-state index in [1.807, 2.05) is 37.3 Å². The lowest BCUT2D eigenvalue weighted by Gasteiger charge is -2.26. The van der Waals surface area contributed by atoms with Crippen LogP contribution in [0.1, 0.15) is 25.8 Å². The fraction of sp³-hybridized carbons (Fsp3) is 0.412. The molecule has 21 heavy (non-hydrogen) atoms. The number of ketones is 1. The summed E-state index contributed by atoms with van der Waals surface area (Å²) >= 11 is 0. The van der Waals surface area contributed by atoms with Gasteiger partial charge >= 0.3 is 5.97 Å². The van der Waals surface area contributed by atoms with Gasteiger partial charge in [-0.2, -0.15) is 0 Å². The van der Waals surface area contributed by atoms with Crippen LogP contribution in [0.2, 0.25) is 0 Å². The number of benzene rings is 1. The number of rotatable bonds is 5. The van der Waals surface area contributed by atoms with Gasteiger partial charge in [0.15, 0.2) is 5.78 Å². The van der Waals surface area contributed by atoms with Crippen molar-refractivity contribution in [3.05, 3.63) is 47.7 Å². The van der Waals surface area contributed by atoms with E-state index >= 15 is 0 Å². The van der Waals surface area contributed by atoms with Gasteiger partial charge in [0.25, 0.3) is 0 Å². The van der Waals surface area contributed by atoms with Crippen LogP contribution in [0.15, 0.2) is 42.1 Å². The number of ether oxygens (including phenoxy) is 1. The Hall–Kier alpha value is -2.10. The summed E-state index contributed by atoms with van der Waals surface area (Å²) in [6, 6.07) is 10.00. The number of nitrogens with one attached hydrogen (secondary N) is 1. The second-order valence-corrected chi connectivity index (χ2v) is 5.32. The third-order valence-electron chi connectivity index (χ3n) is 3.64. The molecule has 0 saturated heterocycles. The van der Waals surface area contributed by atoms with Gasteiger partial charge in [0.1, 0.15) is 5.92 Å². The molecule has 1 N–H and O–H groups in total. The van der Waals surface area contributed by atoms with E-state index in [0.29, 0.717) is 19.6 Å². The van der Waals surface area contributed by atoms with Gasteiger partial charge in [-0.25, -0.2) is 0 Å². The first-order valence-electron chi connectivity index (χ1n) is 7.30. The summed E-state index contributed by atoms with van der Waals surface area (Å²) in [5.41, 5.74) is 2.04. The Kier molecular flexibility index (Phi) is 5.14. The van der Waals surface area contributed by atoms with Crippen LogP contribution in [-0.4, -0.2) is 18.4 Å². The van der Waals surface area contributed by atoms with Gasteiger partial charge in [-0.05, 0) is 24.8 Å². The van der Waals surface area contributed by atoms with Crippen LogP contribution in [0, 0.1) is 11.8 Å². The zero-order chi connectivity index (χ0) is 15.2. The first kappa shape index (κ1) is 15.3. The second-order valence-electron chi connectivity index (χ2n) is 5.32. The molecular weight excluding hydrogens is 266 g/mol. The molecule has 0 saturated carbocycles. The number of carbonyl (C=O) groups excluding carboxylic acids is 2. The lowest BCUT2D eigenvalue weighted by atomic mass is 9.82. The van der Waals surface area contributed by atoms with Gasteiger partial charge in [0, 0.05) is 18.3 Å². The first-order valence-corrected chi connectivity index (χ1v) is 7.30. The quantitative estimate of drug-likeness (QED) is 0.667. The molecule has 0 aliphatic heterocycles. The van der Waals surface area contributed by atoms with Crippen LogP contribution in [-0.2, 0) is 20.9 Å². The number of carbonyl (C=O) groups is 2. The van der Waals surface area contributed by atoms with E-state index in [1.54, 1.807) is 13.0 Å². The predicted molar refractivity (Wildman–Crippen MR) is 80.3 cm³/mol. The lowest BCUT2D eigenvalue weighted by Crippen LogP contribution is -2.36. The average molecular weight is 287 g/mol. The molecular formula is C17H21NO3. The molecule has 2 rings (SSSR count). The highest BCUT2D eigenvalue weighted by atomic mass is 16.5. The van der Waals surface area contributed by atoms with Gasteiger partial charge in [-0.1, -0.05) is 37.3 Å². The SMILES string of the molecule is CCOC(=O)C1C(=O)C=C(NCc2ccccc2)CC1C. The zero-order valence-electron chi connectivity index (χ0n) is 12.5. The summed E-state index contributed by atoms with van der Waals surface area (Å²) in [6.07, 6.45) is 2.23. The van der Waals surface area contributed by atoms with Crippen molar-refractivity contribution in [2.75, 3.05) is 6.61 Å². The number of hydrogen-bond acceptors (Lipinski definition) is 4. The Bertz CT molecular complexity index is 536. The third kappa shape index (κ3) is 3.94. The maximum atomic E-state index is 12.1. The second kappa shape index (κ2) is 7.07. The molecule has 4 heteroatoms. The molecule has 0 aromatic heterocycles. The highest BCUT2D eigenvalue weighted by Crippen LogP contribution is 2.27. The maximum Gasteiger partial charge on any atom is 0.317 e. The first-order chi connectivity index (χ1) is 10.1. The molecule has 1 aromatic carbocycles. The van der Waals surface area contributed by atoms with Crippen LogP contribution >= 0.6 is 0 Å².